The van der Waals surface area contributed by atoms with Crippen LogP contribution in [0, 0.1) is 0 Å². The lowest BCUT2D eigenvalue weighted by Crippen LogP contribution is -2.42. The summed E-state index contributed by atoms with van der Waals surface area (Å²) in [6.45, 7) is 3.43. The number of halogens is 1. The quantitative estimate of drug-likeness (QED) is 0.713. The number of rotatable bonds is 6. The molecule has 3 N–H and O–H groups in total. The van der Waals surface area contributed by atoms with Gasteiger partial charge in [-0.1, -0.05) is 24.3 Å². The van der Waals surface area contributed by atoms with Crippen molar-refractivity contribution in [1.29, 1.82) is 0 Å². The number of aromatic amines is 1. The molecule has 0 spiro atoms. The molecule has 1 aromatic carbocycles. The third-order valence-electron chi connectivity index (χ3n) is 3.08. The Morgan fingerprint density at radius 1 is 1.50 bits per heavy atom. The number of carboxylic acids is 1. The normalized spacial score (nSPS) is 11.9. The molecule has 22 heavy (non-hydrogen) atoms. The SMILES string of the molecule is C=CCOC(=O)N[C@@H](Cc1c[nH]c2ccc(Cl)cc12)C(=O)O. The van der Waals surface area contributed by atoms with Gasteiger partial charge in [-0.05, 0) is 23.8 Å². The van der Waals surface area contributed by atoms with Crippen LogP contribution in [0.5, 0.6) is 0 Å². The first kappa shape index (κ1) is 15.9. The maximum absolute atomic E-state index is 11.5. The van der Waals surface area contributed by atoms with Crippen molar-refractivity contribution in [3.63, 3.8) is 0 Å². The molecule has 1 atom stereocenters. The maximum atomic E-state index is 11.5. The molecule has 1 aromatic heterocycles. The number of ether oxygens (including phenoxy) is 1. The molecule has 1 heterocycles. The van der Waals surface area contributed by atoms with E-state index >= 15 is 0 Å². The third-order valence-corrected chi connectivity index (χ3v) is 3.31. The Balaban J connectivity index is 2.16. The maximum Gasteiger partial charge on any atom is 0.408 e. The van der Waals surface area contributed by atoms with Crippen molar-refractivity contribution in [2.75, 3.05) is 6.61 Å². The van der Waals surface area contributed by atoms with Crippen LogP contribution in [0.25, 0.3) is 10.9 Å². The molecule has 6 nitrogen and oxygen atoms in total. The largest absolute Gasteiger partial charge is 0.480 e. The van der Waals surface area contributed by atoms with Crippen LogP contribution in [0.2, 0.25) is 5.02 Å². The highest BCUT2D eigenvalue weighted by molar-refractivity contribution is 6.31. The fourth-order valence-corrected chi connectivity index (χ4v) is 2.23. The summed E-state index contributed by atoms with van der Waals surface area (Å²) in [6, 6.07) is 4.19. The molecule has 7 heteroatoms. The number of carbonyl (C=O) groups excluding carboxylic acids is 1. The molecule has 0 radical (unpaired) electrons. The fourth-order valence-electron chi connectivity index (χ4n) is 2.06. The van der Waals surface area contributed by atoms with Crippen molar-refractivity contribution >= 4 is 34.6 Å². The van der Waals surface area contributed by atoms with Crippen LogP contribution in [0.1, 0.15) is 5.56 Å². The summed E-state index contributed by atoms with van der Waals surface area (Å²) >= 11 is 5.96. The minimum absolute atomic E-state index is 0.0147. The van der Waals surface area contributed by atoms with Crippen LogP contribution in [-0.2, 0) is 16.0 Å². The van der Waals surface area contributed by atoms with Gasteiger partial charge in [-0.15, -0.1) is 0 Å². The fraction of sp³-hybridized carbons (Fsp3) is 0.200. The number of hydrogen-bond acceptors (Lipinski definition) is 3. The smallest absolute Gasteiger partial charge is 0.408 e. The molecule has 0 aliphatic heterocycles. The first-order chi connectivity index (χ1) is 10.5. The molecule has 2 rings (SSSR count). The molecule has 0 aliphatic rings. The van der Waals surface area contributed by atoms with Crippen LogP contribution in [0.15, 0.2) is 37.1 Å². The number of nitrogens with one attached hydrogen (secondary N) is 2. The van der Waals surface area contributed by atoms with Gasteiger partial charge in [-0.3, -0.25) is 0 Å². The molecule has 0 bridgehead atoms. The Hall–Kier alpha value is -2.47. The van der Waals surface area contributed by atoms with Gasteiger partial charge in [0.15, 0.2) is 0 Å². The molecular formula is C15H15ClN2O4. The van der Waals surface area contributed by atoms with Crippen LogP contribution in [0.4, 0.5) is 4.79 Å². The van der Waals surface area contributed by atoms with Gasteiger partial charge in [-0.25, -0.2) is 9.59 Å². The van der Waals surface area contributed by atoms with Crippen molar-refractivity contribution in [2.24, 2.45) is 0 Å². The summed E-state index contributed by atoms with van der Waals surface area (Å²) in [5.41, 5.74) is 1.59. The molecule has 2 aromatic rings. The van der Waals surface area contributed by atoms with Crippen molar-refractivity contribution in [1.82, 2.24) is 10.3 Å². The third kappa shape index (κ3) is 3.79. The van der Waals surface area contributed by atoms with Gasteiger partial charge in [0.25, 0.3) is 0 Å². The first-order valence-electron chi connectivity index (χ1n) is 6.53. The van der Waals surface area contributed by atoms with Crippen molar-refractivity contribution in [2.45, 2.75) is 12.5 Å². The van der Waals surface area contributed by atoms with Gasteiger partial charge in [-0.2, -0.15) is 0 Å². The highest BCUT2D eigenvalue weighted by Crippen LogP contribution is 2.23. The Kier molecular flexibility index (Phi) is 5.06. The average Bonchev–Trinajstić information content (AvgIpc) is 2.86. The lowest BCUT2D eigenvalue weighted by molar-refractivity contribution is -0.139. The van der Waals surface area contributed by atoms with Gasteiger partial charge in [0.1, 0.15) is 12.6 Å². The molecule has 0 saturated carbocycles. The molecule has 0 fully saturated rings. The van der Waals surface area contributed by atoms with Crippen LogP contribution in [0.3, 0.4) is 0 Å². The number of carboxylic acid groups (broad SMARTS) is 1. The zero-order chi connectivity index (χ0) is 16.1. The molecule has 0 saturated heterocycles. The van der Waals surface area contributed by atoms with Gasteiger partial charge in [0.2, 0.25) is 0 Å². The van der Waals surface area contributed by atoms with E-state index in [9.17, 15) is 14.7 Å². The first-order valence-corrected chi connectivity index (χ1v) is 6.91. The number of H-pyrrole nitrogens is 1. The summed E-state index contributed by atoms with van der Waals surface area (Å²) in [5.74, 6) is -1.15. The zero-order valence-electron chi connectivity index (χ0n) is 11.6. The molecular weight excluding hydrogens is 308 g/mol. The number of amides is 1. The van der Waals surface area contributed by atoms with E-state index in [1.54, 1.807) is 18.3 Å². The van der Waals surface area contributed by atoms with Crippen molar-refractivity contribution in [3.8, 4) is 0 Å². The van der Waals surface area contributed by atoms with Gasteiger partial charge in [0.05, 0.1) is 0 Å². The number of alkyl carbamates (subject to hydrolysis) is 1. The minimum atomic E-state index is -1.15. The van der Waals surface area contributed by atoms with E-state index in [4.69, 9.17) is 16.3 Å². The standard InChI is InChI=1S/C15H15ClN2O4/c1-2-5-22-15(21)18-13(14(19)20)6-9-8-17-12-4-3-10(16)7-11(9)12/h2-4,7-8,13,17H,1,5-6H2,(H,18,21)(H,19,20)/t13-/m0/s1. The van der Waals surface area contributed by atoms with E-state index in [-0.39, 0.29) is 13.0 Å². The Morgan fingerprint density at radius 2 is 2.27 bits per heavy atom. The van der Waals surface area contributed by atoms with E-state index in [1.165, 1.54) is 6.08 Å². The Morgan fingerprint density at radius 3 is 2.95 bits per heavy atom. The summed E-state index contributed by atoms with van der Waals surface area (Å²) in [4.78, 5) is 25.8. The van der Waals surface area contributed by atoms with E-state index in [0.717, 1.165) is 16.5 Å². The molecule has 1 amide bonds. The highest BCUT2D eigenvalue weighted by atomic mass is 35.5. The summed E-state index contributed by atoms with van der Waals surface area (Å²) in [6.07, 6.45) is 2.41. The van der Waals surface area contributed by atoms with E-state index < -0.39 is 18.1 Å². The molecule has 0 unspecified atom stereocenters. The summed E-state index contributed by atoms with van der Waals surface area (Å²) < 4.78 is 4.74. The van der Waals surface area contributed by atoms with Gasteiger partial charge in [0, 0.05) is 28.5 Å². The van der Waals surface area contributed by atoms with Crippen LogP contribution < -0.4 is 5.32 Å². The van der Waals surface area contributed by atoms with Crippen molar-refractivity contribution < 1.29 is 19.4 Å². The topological polar surface area (TPSA) is 91.4 Å². The van der Waals surface area contributed by atoms with Gasteiger partial charge >= 0.3 is 12.1 Å². The van der Waals surface area contributed by atoms with Gasteiger partial charge < -0.3 is 20.1 Å². The number of aromatic nitrogens is 1. The average molecular weight is 323 g/mol. The van der Waals surface area contributed by atoms with Crippen LogP contribution >= 0.6 is 11.6 Å². The number of carbonyl (C=O) groups is 2. The number of hydrogen-bond donors (Lipinski definition) is 3. The van der Waals surface area contributed by atoms with E-state index in [0.29, 0.717) is 5.02 Å². The van der Waals surface area contributed by atoms with Crippen LogP contribution in [-0.4, -0.2) is 34.8 Å². The molecule has 116 valence electrons. The second-order valence-electron chi connectivity index (χ2n) is 4.63. The molecule has 0 aliphatic carbocycles. The second-order valence-corrected chi connectivity index (χ2v) is 5.07. The number of benzene rings is 1. The second kappa shape index (κ2) is 7.00. The number of fused-ring (bicyclic) bond motifs is 1. The highest BCUT2D eigenvalue weighted by Gasteiger charge is 2.22. The lowest BCUT2D eigenvalue weighted by Gasteiger charge is -2.13. The van der Waals surface area contributed by atoms with E-state index in [2.05, 4.69) is 16.9 Å². The summed E-state index contributed by atoms with van der Waals surface area (Å²) in [5, 5.41) is 12.9. The lowest BCUT2D eigenvalue weighted by atomic mass is 10.1. The summed E-state index contributed by atoms with van der Waals surface area (Å²) in [7, 11) is 0. The minimum Gasteiger partial charge on any atom is -0.480 e. The predicted octanol–water partition coefficient (Wildman–Crippen LogP) is 2.73. The number of aliphatic carboxylic acids is 1. The predicted molar refractivity (Wildman–Crippen MR) is 83.1 cm³/mol. The Bertz CT molecular complexity index is 711. The van der Waals surface area contributed by atoms with E-state index in [1.807, 2.05) is 6.07 Å². The Labute approximate surface area is 131 Å². The zero-order valence-corrected chi connectivity index (χ0v) is 12.4. The van der Waals surface area contributed by atoms with Crippen molar-refractivity contribution in [3.05, 3.63) is 47.6 Å². The monoisotopic (exact) mass is 322 g/mol.